The second-order valence-corrected chi connectivity index (χ2v) is 10.4. The van der Waals surface area contributed by atoms with Crippen molar-refractivity contribution in [1.82, 2.24) is 0 Å². The maximum atomic E-state index is 2.37. The second kappa shape index (κ2) is 6.93. The van der Waals surface area contributed by atoms with Gasteiger partial charge >= 0.3 is 0 Å². The van der Waals surface area contributed by atoms with Crippen molar-refractivity contribution in [3.8, 4) is 0 Å². The van der Waals surface area contributed by atoms with Gasteiger partial charge in [-0.05, 0) is 55.3 Å². The van der Waals surface area contributed by atoms with Crippen LogP contribution in [-0.2, 0) is 10.8 Å². The van der Waals surface area contributed by atoms with Crippen LogP contribution in [0.4, 0.5) is 11.4 Å². The van der Waals surface area contributed by atoms with E-state index in [4.69, 9.17) is 0 Å². The smallest absolute Gasteiger partial charge is 0.210 e. The molecule has 0 fully saturated rings. The Kier molecular flexibility index (Phi) is 4.50. The molecule has 0 bridgehead atoms. The average molecular weight is 422 g/mol. The summed E-state index contributed by atoms with van der Waals surface area (Å²) in [4.78, 5) is 2.33. The molecule has 3 aromatic rings. The highest BCUT2D eigenvalue weighted by molar-refractivity contribution is 6.07. The fourth-order valence-corrected chi connectivity index (χ4v) is 5.89. The Morgan fingerprint density at radius 3 is 2.38 bits per heavy atom. The highest BCUT2D eigenvalue weighted by Gasteiger charge is 2.44. The summed E-state index contributed by atoms with van der Waals surface area (Å²) in [6.45, 7) is 11.5. The molecule has 0 spiro atoms. The summed E-state index contributed by atoms with van der Waals surface area (Å²) in [6.07, 6.45) is 6.84. The number of rotatable bonds is 2. The minimum Gasteiger partial charge on any atom is -0.347 e. The molecule has 0 atom stereocenters. The SMILES string of the molecule is Cc1ccc2ccc3c(c2c1)C(C)(C)C(C=CC=C1N(C)c2ccccc2C1(C)C)=[N+]3C. The summed E-state index contributed by atoms with van der Waals surface area (Å²) in [5, 5.41) is 2.68. The van der Waals surface area contributed by atoms with Gasteiger partial charge in [-0.25, -0.2) is 0 Å². The van der Waals surface area contributed by atoms with Crippen molar-refractivity contribution in [3.05, 3.63) is 95.2 Å². The third-order valence-corrected chi connectivity index (χ3v) is 7.59. The molecule has 2 heterocycles. The molecule has 5 rings (SSSR count). The number of hydrogen-bond donors (Lipinski definition) is 0. The molecule has 2 heteroatoms. The molecule has 0 unspecified atom stereocenters. The fourth-order valence-electron chi connectivity index (χ4n) is 5.89. The van der Waals surface area contributed by atoms with Gasteiger partial charge < -0.3 is 4.90 Å². The Labute approximate surface area is 192 Å². The Bertz CT molecular complexity index is 1350. The van der Waals surface area contributed by atoms with Gasteiger partial charge in [-0.2, -0.15) is 4.58 Å². The molecule has 0 N–H and O–H groups in total. The third kappa shape index (κ3) is 2.82. The third-order valence-electron chi connectivity index (χ3n) is 7.59. The van der Waals surface area contributed by atoms with Gasteiger partial charge in [-0.1, -0.05) is 61.9 Å². The number of para-hydroxylation sites is 1. The van der Waals surface area contributed by atoms with Gasteiger partial charge in [0.15, 0.2) is 5.71 Å². The van der Waals surface area contributed by atoms with Gasteiger partial charge in [0.05, 0.1) is 5.41 Å². The van der Waals surface area contributed by atoms with Gasteiger partial charge in [0.1, 0.15) is 7.05 Å². The van der Waals surface area contributed by atoms with E-state index >= 15 is 0 Å². The zero-order valence-electron chi connectivity index (χ0n) is 20.3. The number of aryl methyl sites for hydroxylation is 1. The minimum atomic E-state index is -0.0630. The number of hydrogen-bond acceptors (Lipinski definition) is 1. The Hall–Kier alpha value is -3.13. The van der Waals surface area contributed by atoms with E-state index in [1.165, 1.54) is 50.2 Å². The maximum Gasteiger partial charge on any atom is 0.210 e. The summed E-state index contributed by atoms with van der Waals surface area (Å²) in [6, 6.07) is 20.1. The summed E-state index contributed by atoms with van der Waals surface area (Å²) < 4.78 is 2.37. The lowest BCUT2D eigenvalue weighted by Gasteiger charge is -2.23. The summed E-state index contributed by atoms with van der Waals surface area (Å²) in [5.74, 6) is 0. The van der Waals surface area contributed by atoms with Gasteiger partial charge in [0.25, 0.3) is 0 Å². The van der Waals surface area contributed by atoms with E-state index < -0.39 is 0 Å². The van der Waals surface area contributed by atoms with Crippen molar-refractivity contribution in [2.24, 2.45) is 0 Å². The lowest BCUT2D eigenvalue weighted by Crippen LogP contribution is -2.27. The number of likely N-dealkylation sites (N-methyl/N-ethyl adjacent to an activating group) is 1. The van der Waals surface area contributed by atoms with E-state index in [-0.39, 0.29) is 10.8 Å². The first-order valence-corrected chi connectivity index (χ1v) is 11.5. The number of benzene rings is 3. The first-order valence-electron chi connectivity index (χ1n) is 11.5. The highest BCUT2D eigenvalue weighted by atomic mass is 15.2. The summed E-state index contributed by atoms with van der Waals surface area (Å²) >= 11 is 0. The van der Waals surface area contributed by atoms with E-state index in [1.807, 2.05) is 0 Å². The van der Waals surface area contributed by atoms with E-state index in [2.05, 4.69) is 131 Å². The molecule has 2 nitrogen and oxygen atoms in total. The lowest BCUT2D eigenvalue weighted by atomic mass is 9.78. The van der Waals surface area contributed by atoms with Crippen molar-refractivity contribution in [2.45, 2.75) is 45.4 Å². The normalized spacial score (nSPS) is 20.0. The Morgan fingerprint density at radius 1 is 0.906 bits per heavy atom. The van der Waals surface area contributed by atoms with E-state index in [1.54, 1.807) is 0 Å². The molecule has 32 heavy (non-hydrogen) atoms. The van der Waals surface area contributed by atoms with Gasteiger partial charge in [0, 0.05) is 41.6 Å². The monoisotopic (exact) mass is 421 g/mol. The molecule has 0 saturated carbocycles. The molecule has 3 aromatic carbocycles. The molecule has 0 radical (unpaired) electrons. The van der Waals surface area contributed by atoms with E-state index in [0.717, 1.165) is 0 Å². The molecule has 0 aromatic heterocycles. The quantitative estimate of drug-likeness (QED) is 0.403. The van der Waals surface area contributed by atoms with Crippen molar-refractivity contribution in [2.75, 3.05) is 19.0 Å². The fraction of sp³-hybridized carbons (Fsp3) is 0.300. The first kappa shape index (κ1) is 20.8. The number of nitrogens with zero attached hydrogens (tertiary/aromatic N) is 2. The number of allylic oxidation sites excluding steroid dienone is 4. The molecule has 0 amide bonds. The predicted molar refractivity (Wildman–Crippen MR) is 138 cm³/mol. The van der Waals surface area contributed by atoms with Crippen LogP contribution in [-0.4, -0.2) is 24.4 Å². The first-order chi connectivity index (χ1) is 15.1. The number of anilines is 1. The van der Waals surface area contributed by atoms with Crippen molar-refractivity contribution >= 4 is 27.9 Å². The Morgan fingerprint density at radius 2 is 1.62 bits per heavy atom. The standard InChI is InChI=1S/C30H33N2/c1-20-15-16-21-17-18-25-28(22(21)19-20)30(4,5)27(32(25)7)14-10-13-26-29(2,3)23-11-8-9-12-24(23)31(26)6/h8-19H,1-7H3/q+1. The summed E-state index contributed by atoms with van der Waals surface area (Å²) in [7, 11) is 4.37. The van der Waals surface area contributed by atoms with Crippen LogP contribution in [0.25, 0.3) is 10.8 Å². The predicted octanol–water partition coefficient (Wildman–Crippen LogP) is 7.02. The molecular formula is C30H33N2+. The van der Waals surface area contributed by atoms with Crippen LogP contribution in [0.1, 0.15) is 44.4 Å². The number of fused-ring (bicyclic) bond motifs is 4. The summed E-state index contributed by atoms with van der Waals surface area (Å²) in [5.41, 5.74) is 9.33. The molecular weight excluding hydrogens is 388 g/mol. The van der Waals surface area contributed by atoms with Crippen LogP contribution >= 0.6 is 0 Å². The largest absolute Gasteiger partial charge is 0.347 e. The molecule has 0 saturated heterocycles. The molecule has 2 aliphatic rings. The topological polar surface area (TPSA) is 6.25 Å². The van der Waals surface area contributed by atoms with Crippen molar-refractivity contribution in [1.29, 1.82) is 0 Å². The van der Waals surface area contributed by atoms with Crippen LogP contribution in [0, 0.1) is 6.92 Å². The average Bonchev–Trinajstić information content (AvgIpc) is 3.07. The second-order valence-electron chi connectivity index (χ2n) is 10.4. The van der Waals surface area contributed by atoms with Gasteiger partial charge in [-0.3, -0.25) is 0 Å². The zero-order valence-corrected chi connectivity index (χ0v) is 20.3. The van der Waals surface area contributed by atoms with Crippen LogP contribution in [0.2, 0.25) is 0 Å². The minimum absolute atomic E-state index is 0.00582. The van der Waals surface area contributed by atoms with Gasteiger partial charge in [-0.15, -0.1) is 0 Å². The van der Waals surface area contributed by atoms with Crippen molar-refractivity contribution < 1.29 is 4.58 Å². The molecule has 162 valence electrons. The van der Waals surface area contributed by atoms with Crippen LogP contribution in [0.5, 0.6) is 0 Å². The van der Waals surface area contributed by atoms with Crippen LogP contribution in [0.15, 0.2) is 78.5 Å². The lowest BCUT2D eigenvalue weighted by molar-refractivity contribution is -0.401. The maximum absolute atomic E-state index is 2.37. The van der Waals surface area contributed by atoms with Crippen molar-refractivity contribution in [3.63, 3.8) is 0 Å². The van der Waals surface area contributed by atoms with Crippen LogP contribution < -0.4 is 4.90 Å². The van der Waals surface area contributed by atoms with Crippen LogP contribution in [0.3, 0.4) is 0 Å². The Balaban J connectivity index is 1.56. The molecule has 0 aliphatic carbocycles. The molecule has 2 aliphatic heterocycles. The van der Waals surface area contributed by atoms with Gasteiger partial charge in [0.2, 0.25) is 5.69 Å². The zero-order chi connectivity index (χ0) is 22.8. The highest BCUT2D eigenvalue weighted by Crippen LogP contribution is 2.47. The van der Waals surface area contributed by atoms with E-state index in [0.29, 0.717) is 0 Å². The van der Waals surface area contributed by atoms with E-state index in [9.17, 15) is 0 Å².